The Bertz CT molecular complexity index is 672. The fraction of sp³-hybridized carbons (Fsp3) is 0.0588. The van der Waals surface area contributed by atoms with E-state index in [0.29, 0.717) is 6.54 Å². The molecule has 3 nitrogen and oxygen atoms in total. The van der Waals surface area contributed by atoms with Crippen LogP contribution in [0, 0.1) is 0 Å². The summed E-state index contributed by atoms with van der Waals surface area (Å²) >= 11 is 0. The molecular formula is C17H16N2O. The largest absolute Gasteiger partial charge is 0.455 e. The Hall–Kier alpha value is -2.52. The average molecular weight is 264 g/mol. The highest BCUT2D eigenvalue weighted by atomic mass is 16.5. The minimum atomic E-state index is 0.542. The van der Waals surface area contributed by atoms with E-state index < -0.39 is 0 Å². The number of nitrogens with two attached hydrogens (primary N) is 1. The summed E-state index contributed by atoms with van der Waals surface area (Å²) in [7, 11) is 0. The SMILES string of the molecule is NCc1ccc(Oc2ccccc2-n2cccc2)cc1. The van der Waals surface area contributed by atoms with Gasteiger partial charge in [0.15, 0.2) is 5.75 Å². The molecule has 3 aromatic rings. The van der Waals surface area contributed by atoms with Gasteiger partial charge in [0.05, 0.1) is 5.69 Å². The molecule has 0 unspecified atom stereocenters. The first-order chi connectivity index (χ1) is 9.86. The highest BCUT2D eigenvalue weighted by Gasteiger charge is 2.05. The van der Waals surface area contributed by atoms with Gasteiger partial charge in [0.1, 0.15) is 5.75 Å². The van der Waals surface area contributed by atoms with Gasteiger partial charge >= 0.3 is 0 Å². The third-order valence-electron chi connectivity index (χ3n) is 3.13. The number of para-hydroxylation sites is 2. The zero-order valence-corrected chi connectivity index (χ0v) is 11.1. The van der Waals surface area contributed by atoms with E-state index in [1.165, 1.54) is 0 Å². The van der Waals surface area contributed by atoms with Crippen LogP contribution in [0.15, 0.2) is 73.1 Å². The van der Waals surface area contributed by atoms with Gasteiger partial charge in [-0.15, -0.1) is 0 Å². The monoisotopic (exact) mass is 264 g/mol. The first kappa shape index (κ1) is 12.5. The van der Waals surface area contributed by atoms with E-state index >= 15 is 0 Å². The standard InChI is InChI=1S/C17H16N2O/c18-13-14-7-9-15(10-8-14)20-17-6-2-1-5-16(17)19-11-3-4-12-19/h1-12H,13,18H2. The summed E-state index contributed by atoms with van der Waals surface area (Å²) in [6.07, 6.45) is 4.00. The fourth-order valence-electron chi connectivity index (χ4n) is 2.07. The molecule has 0 fully saturated rings. The molecule has 100 valence electrons. The van der Waals surface area contributed by atoms with Crippen LogP contribution in [0.4, 0.5) is 0 Å². The van der Waals surface area contributed by atoms with Gasteiger partial charge in [0.25, 0.3) is 0 Å². The van der Waals surface area contributed by atoms with Crippen molar-refractivity contribution in [3.63, 3.8) is 0 Å². The topological polar surface area (TPSA) is 40.2 Å². The summed E-state index contributed by atoms with van der Waals surface area (Å²) in [5.74, 6) is 1.63. The maximum Gasteiger partial charge on any atom is 0.151 e. The highest BCUT2D eigenvalue weighted by Crippen LogP contribution is 2.28. The van der Waals surface area contributed by atoms with E-state index in [-0.39, 0.29) is 0 Å². The summed E-state index contributed by atoms with van der Waals surface area (Å²) in [6, 6.07) is 19.8. The van der Waals surface area contributed by atoms with Gasteiger partial charge in [-0.3, -0.25) is 0 Å². The second-order valence-corrected chi connectivity index (χ2v) is 4.51. The lowest BCUT2D eigenvalue weighted by Crippen LogP contribution is -1.97. The van der Waals surface area contributed by atoms with Gasteiger partial charge in [-0.2, -0.15) is 0 Å². The van der Waals surface area contributed by atoms with Crippen LogP contribution < -0.4 is 10.5 Å². The first-order valence-corrected chi connectivity index (χ1v) is 6.56. The molecule has 0 spiro atoms. The van der Waals surface area contributed by atoms with Crippen molar-refractivity contribution in [2.75, 3.05) is 0 Å². The Kier molecular flexibility index (Phi) is 3.52. The predicted molar refractivity (Wildman–Crippen MR) is 80.2 cm³/mol. The number of hydrogen-bond donors (Lipinski definition) is 1. The molecular weight excluding hydrogens is 248 g/mol. The van der Waals surface area contributed by atoms with Crippen LogP contribution >= 0.6 is 0 Å². The molecule has 2 N–H and O–H groups in total. The Balaban J connectivity index is 1.90. The van der Waals surface area contributed by atoms with Crippen LogP contribution in [0.25, 0.3) is 5.69 Å². The third-order valence-corrected chi connectivity index (χ3v) is 3.13. The van der Waals surface area contributed by atoms with Crippen molar-refractivity contribution >= 4 is 0 Å². The molecule has 0 aliphatic heterocycles. The zero-order chi connectivity index (χ0) is 13.8. The lowest BCUT2D eigenvalue weighted by molar-refractivity contribution is 0.480. The number of ether oxygens (including phenoxy) is 1. The van der Waals surface area contributed by atoms with Crippen molar-refractivity contribution in [3.8, 4) is 17.2 Å². The van der Waals surface area contributed by atoms with E-state index in [0.717, 1.165) is 22.7 Å². The van der Waals surface area contributed by atoms with Crippen molar-refractivity contribution in [3.05, 3.63) is 78.6 Å². The number of nitrogens with zero attached hydrogens (tertiary/aromatic N) is 1. The van der Waals surface area contributed by atoms with Crippen molar-refractivity contribution < 1.29 is 4.74 Å². The normalized spacial score (nSPS) is 10.4. The molecule has 2 aromatic carbocycles. The molecule has 0 aliphatic rings. The molecule has 3 rings (SSSR count). The second kappa shape index (κ2) is 5.63. The minimum absolute atomic E-state index is 0.542. The highest BCUT2D eigenvalue weighted by molar-refractivity contribution is 5.49. The predicted octanol–water partition coefficient (Wildman–Crippen LogP) is 3.73. The van der Waals surface area contributed by atoms with Crippen LogP contribution in [0.5, 0.6) is 11.5 Å². The average Bonchev–Trinajstić information content (AvgIpc) is 3.03. The Labute approximate surface area is 118 Å². The van der Waals surface area contributed by atoms with Crippen molar-refractivity contribution in [2.24, 2.45) is 5.73 Å². The molecule has 0 radical (unpaired) electrons. The van der Waals surface area contributed by atoms with Gasteiger partial charge in [-0.1, -0.05) is 24.3 Å². The van der Waals surface area contributed by atoms with Gasteiger partial charge in [-0.25, -0.2) is 0 Å². The number of benzene rings is 2. The van der Waals surface area contributed by atoms with Gasteiger partial charge in [0, 0.05) is 18.9 Å². The Morgan fingerprint density at radius 2 is 1.55 bits per heavy atom. The maximum atomic E-state index is 5.97. The molecule has 0 amide bonds. The fourth-order valence-corrected chi connectivity index (χ4v) is 2.07. The summed E-state index contributed by atoms with van der Waals surface area (Å²) in [5, 5.41) is 0. The molecule has 3 heteroatoms. The lowest BCUT2D eigenvalue weighted by atomic mass is 10.2. The van der Waals surface area contributed by atoms with Crippen molar-refractivity contribution in [2.45, 2.75) is 6.54 Å². The zero-order valence-electron chi connectivity index (χ0n) is 11.1. The van der Waals surface area contributed by atoms with Crippen LogP contribution in [0.1, 0.15) is 5.56 Å². The quantitative estimate of drug-likeness (QED) is 0.780. The second-order valence-electron chi connectivity index (χ2n) is 4.51. The van der Waals surface area contributed by atoms with Crippen LogP contribution in [-0.4, -0.2) is 4.57 Å². The van der Waals surface area contributed by atoms with Gasteiger partial charge < -0.3 is 15.0 Å². The Morgan fingerprint density at radius 1 is 0.850 bits per heavy atom. The van der Waals surface area contributed by atoms with Crippen LogP contribution in [0.2, 0.25) is 0 Å². The van der Waals surface area contributed by atoms with Crippen molar-refractivity contribution in [1.29, 1.82) is 0 Å². The number of aromatic nitrogens is 1. The molecule has 1 heterocycles. The number of hydrogen-bond acceptors (Lipinski definition) is 2. The lowest BCUT2D eigenvalue weighted by Gasteiger charge is -2.12. The molecule has 0 aliphatic carbocycles. The molecule has 0 bridgehead atoms. The van der Waals surface area contributed by atoms with Crippen LogP contribution in [0.3, 0.4) is 0 Å². The van der Waals surface area contributed by atoms with E-state index in [2.05, 4.69) is 0 Å². The van der Waals surface area contributed by atoms with Gasteiger partial charge in [-0.05, 0) is 42.0 Å². The molecule has 0 atom stereocenters. The molecule has 1 aromatic heterocycles. The molecule has 20 heavy (non-hydrogen) atoms. The van der Waals surface area contributed by atoms with E-state index in [1.54, 1.807) is 0 Å². The maximum absolute atomic E-state index is 5.97. The first-order valence-electron chi connectivity index (χ1n) is 6.56. The van der Waals surface area contributed by atoms with Crippen molar-refractivity contribution in [1.82, 2.24) is 4.57 Å². The van der Waals surface area contributed by atoms with Gasteiger partial charge in [0.2, 0.25) is 0 Å². The summed E-state index contributed by atoms with van der Waals surface area (Å²) < 4.78 is 8.00. The van der Waals surface area contributed by atoms with E-state index in [1.807, 2.05) is 77.6 Å². The molecule has 0 saturated carbocycles. The Morgan fingerprint density at radius 3 is 2.25 bits per heavy atom. The summed E-state index contributed by atoms with van der Waals surface area (Å²) in [6.45, 7) is 0.542. The summed E-state index contributed by atoms with van der Waals surface area (Å²) in [4.78, 5) is 0. The minimum Gasteiger partial charge on any atom is -0.455 e. The molecule has 0 saturated heterocycles. The summed E-state index contributed by atoms with van der Waals surface area (Å²) in [5.41, 5.74) is 7.70. The number of rotatable bonds is 4. The third kappa shape index (κ3) is 2.58. The van der Waals surface area contributed by atoms with E-state index in [9.17, 15) is 0 Å². The van der Waals surface area contributed by atoms with E-state index in [4.69, 9.17) is 10.5 Å². The van der Waals surface area contributed by atoms with Crippen LogP contribution in [-0.2, 0) is 6.54 Å². The smallest absolute Gasteiger partial charge is 0.151 e.